The molecule has 2 N–H and O–H groups in total. The van der Waals surface area contributed by atoms with E-state index in [1.54, 1.807) is 24.3 Å². The zero-order chi connectivity index (χ0) is 17.5. The number of ether oxygens (including phenoxy) is 2. The molecule has 1 heterocycles. The van der Waals surface area contributed by atoms with Crippen molar-refractivity contribution in [2.75, 3.05) is 6.61 Å². The van der Waals surface area contributed by atoms with Crippen molar-refractivity contribution in [3.63, 3.8) is 0 Å². The molecule has 0 saturated heterocycles. The van der Waals surface area contributed by atoms with Gasteiger partial charge in [-0.15, -0.1) is 0 Å². The van der Waals surface area contributed by atoms with Gasteiger partial charge in [0, 0.05) is 0 Å². The summed E-state index contributed by atoms with van der Waals surface area (Å²) in [6, 6.07) is 16.7. The molecule has 1 amide bonds. The number of hydrogen-bond donors (Lipinski definition) is 1. The summed E-state index contributed by atoms with van der Waals surface area (Å²) in [6.07, 6.45) is -0.413. The van der Waals surface area contributed by atoms with Crippen molar-refractivity contribution in [3.8, 4) is 17.1 Å². The molecular formula is C18H17N3O4. The van der Waals surface area contributed by atoms with Gasteiger partial charge in [0.2, 0.25) is 11.7 Å². The van der Waals surface area contributed by atoms with Gasteiger partial charge in [-0.05, 0) is 17.7 Å². The van der Waals surface area contributed by atoms with E-state index in [1.165, 1.54) is 0 Å². The van der Waals surface area contributed by atoms with E-state index in [1.807, 2.05) is 30.3 Å². The van der Waals surface area contributed by atoms with Gasteiger partial charge in [-0.2, -0.15) is 4.98 Å². The molecule has 0 atom stereocenters. The zero-order valence-electron chi connectivity index (χ0n) is 13.4. The first kappa shape index (κ1) is 16.7. The SMILES string of the molecule is NC(=O)Oc1ccccc1-c1noc(CCOCc2ccccc2)n1. The highest BCUT2D eigenvalue weighted by Crippen LogP contribution is 2.27. The highest BCUT2D eigenvalue weighted by molar-refractivity contribution is 5.73. The van der Waals surface area contributed by atoms with Gasteiger partial charge in [0.25, 0.3) is 0 Å². The molecule has 7 heteroatoms. The maximum absolute atomic E-state index is 11.0. The lowest BCUT2D eigenvalue weighted by molar-refractivity contribution is 0.118. The van der Waals surface area contributed by atoms with E-state index in [4.69, 9.17) is 19.7 Å². The van der Waals surface area contributed by atoms with Gasteiger partial charge < -0.3 is 19.7 Å². The van der Waals surface area contributed by atoms with Crippen molar-refractivity contribution in [3.05, 3.63) is 66.1 Å². The number of hydrogen-bond acceptors (Lipinski definition) is 6. The van der Waals surface area contributed by atoms with Crippen LogP contribution in [0.2, 0.25) is 0 Å². The third kappa shape index (κ3) is 4.65. The van der Waals surface area contributed by atoms with Crippen LogP contribution in [0, 0.1) is 0 Å². The van der Waals surface area contributed by atoms with Crippen LogP contribution < -0.4 is 10.5 Å². The van der Waals surface area contributed by atoms with Gasteiger partial charge in [-0.3, -0.25) is 0 Å². The van der Waals surface area contributed by atoms with E-state index in [0.717, 1.165) is 5.56 Å². The number of para-hydroxylation sites is 1. The van der Waals surface area contributed by atoms with Crippen LogP contribution in [0.1, 0.15) is 11.5 Å². The third-order valence-corrected chi connectivity index (χ3v) is 3.38. The fraction of sp³-hybridized carbons (Fsp3) is 0.167. The highest BCUT2D eigenvalue weighted by Gasteiger charge is 2.14. The maximum Gasteiger partial charge on any atom is 0.409 e. The summed E-state index contributed by atoms with van der Waals surface area (Å²) in [5.74, 6) is 1.05. The quantitative estimate of drug-likeness (QED) is 0.664. The van der Waals surface area contributed by atoms with Crippen LogP contribution in [-0.4, -0.2) is 22.8 Å². The highest BCUT2D eigenvalue weighted by atomic mass is 16.5. The van der Waals surface area contributed by atoms with Gasteiger partial charge in [0.05, 0.1) is 25.2 Å². The van der Waals surface area contributed by atoms with Crippen molar-refractivity contribution in [1.29, 1.82) is 0 Å². The normalized spacial score (nSPS) is 10.6. The van der Waals surface area contributed by atoms with Crippen LogP contribution in [0.5, 0.6) is 5.75 Å². The van der Waals surface area contributed by atoms with Crippen molar-refractivity contribution < 1.29 is 18.8 Å². The number of primary amides is 1. The first-order valence-electron chi connectivity index (χ1n) is 7.73. The lowest BCUT2D eigenvalue weighted by atomic mass is 10.2. The van der Waals surface area contributed by atoms with E-state index in [9.17, 15) is 4.79 Å². The van der Waals surface area contributed by atoms with Gasteiger partial charge in [-0.1, -0.05) is 47.6 Å². The number of nitrogens with zero attached hydrogens (tertiary/aromatic N) is 2. The summed E-state index contributed by atoms with van der Waals surface area (Å²) in [5, 5.41) is 3.92. The van der Waals surface area contributed by atoms with E-state index in [2.05, 4.69) is 10.1 Å². The smallest absolute Gasteiger partial charge is 0.409 e. The molecule has 0 bridgehead atoms. The summed E-state index contributed by atoms with van der Waals surface area (Å²) >= 11 is 0. The van der Waals surface area contributed by atoms with Gasteiger partial charge in [0.15, 0.2) is 0 Å². The minimum Gasteiger partial charge on any atom is -0.410 e. The fourth-order valence-electron chi connectivity index (χ4n) is 2.24. The number of nitrogens with two attached hydrogens (primary N) is 1. The Morgan fingerprint density at radius 2 is 1.84 bits per heavy atom. The molecule has 0 aliphatic carbocycles. The maximum atomic E-state index is 11.0. The van der Waals surface area contributed by atoms with Crippen molar-refractivity contribution in [1.82, 2.24) is 10.1 Å². The zero-order valence-corrected chi connectivity index (χ0v) is 13.4. The van der Waals surface area contributed by atoms with E-state index < -0.39 is 6.09 Å². The Hall–Kier alpha value is -3.19. The summed E-state index contributed by atoms with van der Waals surface area (Å²) in [4.78, 5) is 15.3. The number of carbonyl (C=O) groups is 1. The second-order valence-corrected chi connectivity index (χ2v) is 5.22. The molecule has 0 spiro atoms. The predicted octanol–water partition coefficient (Wildman–Crippen LogP) is 2.95. The minimum absolute atomic E-state index is 0.280. The van der Waals surface area contributed by atoms with Gasteiger partial charge in [-0.25, -0.2) is 4.79 Å². The van der Waals surface area contributed by atoms with Crippen molar-refractivity contribution in [2.24, 2.45) is 5.73 Å². The van der Waals surface area contributed by atoms with Crippen molar-refractivity contribution >= 4 is 6.09 Å². The Bertz CT molecular complexity index is 833. The predicted molar refractivity (Wildman–Crippen MR) is 89.7 cm³/mol. The molecule has 25 heavy (non-hydrogen) atoms. The number of rotatable bonds is 7. The first-order valence-corrected chi connectivity index (χ1v) is 7.73. The Morgan fingerprint density at radius 1 is 1.08 bits per heavy atom. The average Bonchev–Trinajstić information content (AvgIpc) is 3.08. The Morgan fingerprint density at radius 3 is 2.64 bits per heavy atom. The Labute approximate surface area is 144 Å². The molecule has 128 valence electrons. The van der Waals surface area contributed by atoms with Gasteiger partial charge in [0.1, 0.15) is 5.75 Å². The molecule has 7 nitrogen and oxygen atoms in total. The van der Waals surface area contributed by atoms with E-state index in [0.29, 0.717) is 36.9 Å². The summed E-state index contributed by atoms with van der Waals surface area (Å²) in [6.45, 7) is 0.979. The van der Waals surface area contributed by atoms with Crippen LogP contribution >= 0.6 is 0 Å². The second-order valence-electron chi connectivity index (χ2n) is 5.22. The summed E-state index contributed by atoms with van der Waals surface area (Å²) < 4.78 is 15.8. The average molecular weight is 339 g/mol. The Balaban J connectivity index is 1.58. The first-order chi connectivity index (χ1) is 12.2. The molecule has 0 fully saturated rings. The lowest BCUT2D eigenvalue weighted by Crippen LogP contribution is -2.16. The molecule has 1 aromatic heterocycles. The largest absolute Gasteiger partial charge is 0.410 e. The van der Waals surface area contributed by atoms with Gasteiger partial charge >= 0.3 is 6.09 Å². The lowest BCUT2D eigenvalue weighted by Gasteiger charge is -2.04. The fourth-order valence-corrected chi connectivity index (χ4v) is 2.24. The number of aromatic nitrogens is 2. The molecule has 3 aromatic rings. The van der Waals surface area contributed by atoms with Crippen LogP contribution in [0.25, 0.3) is 11.4 Å². The number of benzene rings is 2. The standard InChI is InChI=1S/C18H17N3O4/c19-18(22)24-15-9-5-4-8-14(15)17-20-16(25-21-17)10-11-23-12-13-6-2-1-3-7-13/h1-9H,10-12H2,(H2,19,22). The molecule has 0 radical (unpaired) electrons. The van der Waals surface area contributed by atoms with E-state index >= 15 is 0 Å². The van der Waals surface area contributed by atoms with Crippen LogP contribution in [0.3, 0.4) is 0 Å². The third-order valence-electron chi connectivity index (χ3n) is 3.38. The molecule has 0 aliphatic rings. The molecule has 0 aliphatic heterocycles. The second kappa shape index (κ2) is 8.07. The van der Waals surface area contributed by atoms with E-state index in [-0.39, 0.29) is 5.75 Å². The molecule has 2 aromatic carbocycles. The van der Waals surface area contributed by atoms with Crippen LogP contribution in [-0.2, 0) is 17.8 Å². The van der Waals surface area contributed by atoms with Crippen LogP contribution in [0.4, 0.5) is 4.79 Å². The number of amides is 1. The monoisotopic (exact) mass is 339 g/mol. The van der Waals surface area contributed by atoms with Crippen molar-refractivity contribution in [2.45, 2.75) is 13.0 Å². The number of carbonyl (C=O) groups excluding carboxylic acids is 1. The summed E-state index contributed by atoms with van der Waals surface area (Å²) in [7, 11) is 0. The summed E-state index contributed by atoms with van der Waals surface area (Å²) in [5.41, 5.74) is 6.70. The topological polar surface area (TPSA) is 100 Å². The Kier molecular flexibility index (Phi) is 5.38. The molecule has 3 rings (SSSR count). The molecule has 0 saturated carbocycles. The molecule has 0 unspecified atom stereocenters. The van der Waals surface area contributed by atoms with Crippen LogP contribution in [0.15, 0.2) is 59.1 Å². The minimum atomic E-state index is -0.898. The molecular weight excluding hydrogens is 322 g/mol.